The highest BCUT2D eigenvalue weighted by molar-refractivity contribution is 5.94. The van der Waals surface area contributed by atoms with E-state index in [0.717, 1.165) is 12.4 Å². The lowest BCUT2D eigenvalue weighted by molar-refractivity contribution is -0.145. The van der Waals surface area contributed by atoms with E-state index >= 15 is 0 Å². The van der Waals surface area contributed by atoms with E-state index in [-0.39, 0.29) is 12.1 Å². The van der Waals surface area contributed by atoms with E-state index in [4.69, 9.17) is 4.74 Å². The minimum atomic E-state index is -4.63. The molecule has 28 heavy (non-hydrogen) atoms. The summed E-state index contributed by atoms with van der Waals surface area (Å²) in [5, 5.41) is 2.64. The molecule has 1 saturated heterocycles. The van der Waals surface area contributed by atoms with E-state index in [1.807, 2.05) is 4.90 Å². The molecule has 0 radical (unpaired) electrons. The van der Waals surface area contributed by atoms with Crippen LogP contribution in [-0.4, -0.2) is 53.6 Å². The predicted molar refractivity (Wildman–Crippen MR) is 90.9 cm³/mol. The molecule has 1 aromatic carbocycles. The first kappa shape index (κ1) is 20.2. The van der Waals surface area contributed by atoms with Gasteiger partial charge in [0, 0.05) is 37.6 Å². The fourth-order valence-corrected chi connectivity index (χ4v) is 2.93. The standard InChI is InChI=1S/C18H18F4N4O2/c19-14-4-2-1-3-13(14)16(27)23-11-15(26-5-7-28-8-6-26)12-9-24-17(25-10-12)18(20,21)22/h1-4,9-10,15H,5-8,11H2,(H,23,27). The molecule has 1 aromatic heterocycles. The molecule has 6 nitrogen and oxygen atoms in total. The van der Waals surface area contributed by atoms with Gasteiger partial charge in [-0.25, -0.2) is 14.4 Å². The highest BCUT2D eigenvalue weighted by Crippen LogP contribution is 2.27. The molecular formula is C18H18F4N4O2. The van der Waals surface area contributed by atoms with Gasteiger partial charge in [0.2, 0.25) is 5.82 Å². The molecule has 1 N–H and O–H groups in total. The number of halogens is 4. The fraction of sp³-hybridized carbons (Fsp3) is 0.389. The molecular weight excluding hydrogens is 380 g/mol. The summed E-state index contributed by atoms with van der Waals surface area (Å²) >= 11 is 0. The van der Waals surface area contributed by atoms with Gasteiger partial charge in [-0.05, 0) is 12.1 Å². The molecule has 150 valence electrons. The van der Waals surface area contributed by atoms with E-state index < -0.39 is 29.8 Å². The van der Waals surface area contributed by atoms with Gasteiger partial charge in [0.05, 0.1) is 24.8 Å². The van der Waals surface area contributed by atoms with Crippen LogP contribution in [0.5, 0.6) is 0 Å². The number of alkyl halides is 3. The summed E-state index contributed by atoms with van der Waals surface area (Å²) in [5.74, 6) is -2.49. The van der Waals surface area contributed by atoms with Crippen LogP contribution in [0.2, 0.25) is 0 Å². The van der Waals surface area contributed by atoms with Crippen molar-refractivity contribution in [3.63, 3.8) is 0 Å². The van der Waals surface area contributed by atoms with Gasteiger partial charge >= 0.3 is 6.18 Å². The van der Waals surface area contributed by atoms with Gasteiger partial charge in [-0.1, -0.05) is 12.1 Å². The second kappa shape index (κ2) is 8.61. The topological polar surface area (TPSA) is 67.4 Å². The molecule has 1 aliphatic rings. The first-order chi connectivity index (χ1) is 13.4. The summed E-state index contributed by atoms with van der Waals surface area (Å²) in [6, 6.07) is 5.08. The van der Waals surface area contributed by atoms with Crippen LogP contribution >= 0.6 is 0 Å². The van der Waals surface area contributed by atoms with Crippen LogP contribution in [0.15, 0.2) is 36.7 Å². The first-order valence-electron chi connectivity index (χ1n) is 8.60. The fourth-order valence-electron chi connectivity index (χ4n) is 2.93. The second-order valence-electron chi connectivity index (χ2n) is 6.19. The number of nitrogens with zero attached hydrogens (tertiary/aromatic N) is 3. The van der Waals surface area contributed by atoms with Crippen LogP contribution in [0, 0.1) is 5.82 Å². The normalized spacial score (nSPS) is 16.6. The molecule has 10 heteroatoms. The Balaban J connectivity index is 1.77. The van der Waals surface area contributed by atoms with Crippen molar-refractivity contribution in [2.24, 2.45) is 0 Å². The highest BCUT2D eigenvalue weighted by atomic mass is 19.4. The van der Waals surface area contributed by atoms with Crippen molar-refractivity contribution in [2.75, 3.05) is 32.8 Å². The third-order valence-electron chi connectivity index (χ3n) is 4.37. The average Bonchev–Trinajstić information content (AvgIpc) is 2.69. The van der Waals surface area contributed by atoms with Gasteiger partial charge in [-0.2, -0.15) is 13.2 Å². The molecule has 2 heterocycles. The third-order valence-corrected chi connectivity index (χ3v) is 4.37. The number of aromatic nitrogens is 2. The molecule has 1 aliphatic heterocycles. The zero-order valence-corrected chi connectivity index (χ0v) is 14.7. The number of hydrogen-bond acceptors (Lipinski definition) is 5. The van der Waals surface area contributed by atoms with E-state index in [2.05, 4.69) is 15.3 Å². The van der Waals surface area contributed by atoms with Crippen LogP contribution < -0.4 is 5.32 Å². The number of benzene rings is 1. The maximum Gasteiger partial charge on any atom is 0.451 e. The minimum absolute atomic E-state index is 0.0574. The monoisotopic (exact) mass is 398 g/mol. The molecule has 2 aromatic rings. The first-order valence-corrected chi connectivity index (χ1v) is 8.60. The lowest BCUT2D eigenvalue weighted by Gasteiger charge is -2.34. The van der Waals surface area contributed by atoms with Gasteiger partial charge in [-0.15, -0.1) is 0 Å². The van der Waals surface area contributed by atoms with Crippen molar-refractivity contribution in [3.05, 3.63) is 59.4 Å². The Morgan fingerprint density at radius 3 is 2.43 bits per heavy atom. The molecule has 0 bridgehead atoms. The Bertz CT molecular complexity index is 808. The number of rotatable bonds is 5. The molecule has 3 rings (SSSR count). The summed E-state index contributed by atoms with van der Waals surface area (Å²) in [7, 11) is 0. The Kier molecular flexibility index (Phi) is 6.20. The van der Waals surface area contributed by atoms with Gasteiger partial charge in [-0.3, -0.25) is 9.69 Å². The van der Waals surface area contributed by atoms with E-state index in [1.54, 1.807) is 6.07 Å². The van der Waals surface area contributed by atoms with Gasteiger partial charge < -0.3 is 10.1 Å². The smallest absolute Gasteiger partial charge is 0.379 e. The van der Waals surface area contributed by atoms with Crippen molar-refractivity contribution < 1.29 is 27.1 Å². The van der Waals surface area contributed by atoms with Crippen molar-refractivity contribution in [1.29, 1.82) is 0 Å². The van der Waals surface area contributed by atoms with Crippen molar-refractivity contribution in [1.82, 2.24) is 20.2 Å². The van der Waals surface area contributed by atoms with Crippen LogP contribution in [0.3, 0.4) is 0 Å². The number of amides is 1. The zero-order valence-electron chi connectivity index (χ0n) is 14.7. The van der Waals surface area contributed by atoms with Crippen LogP contribution in [0.4, 0.5) is 17.6 Å². The predicted octanol–water partition coefficient (Wildman–Crippen LogP) is 2.44. The summed E-state index contributed by atoms with van der Waals surface area (Å²) in [6.45, 7) is 2.03. The average molecular weight is 398 g/mol. The van der Waals surface area contributed by atoms with E-state index in [1.165, 1.54) is 18.2 Å². The van der Waals surface area contributed by atoms with Gasteiger partial charge in [0.1, 0.15) is 5.82 Å². The van der Waals surface area contributed by atoms with Crippen LogP contribution in [-0.2, 0) is 10.9 Å². The minimum Gasteiger partial charge on any atom is -0.379 e. The summed E-state index contributed by atoms with van der Waals surface area (Å²) < 4.78 is 57.2. The zero-order chi connectivity index (χ0) is 20.1. The second-order valence-corrected chi connectivity index (χ2v) is 6.19. The van der Waals surface area contributed by atoms with Crippen LogP contribution in [0.25, 0.3) is 0 Å². The van der Waals surface area contributed by atoms with Crippen molar-refractivity contribution >= 4 is 5.91 Å². The summed E-state index contributed by atoms with van der Waals surface area (Å²) in [4.78, 5) is 21.0. The van der Waals surface area contributed by atoms with E-state index in [9.17, 15) is 22.4 Å². The Morgan fingerprint density at radius 1 is 1.18 bits per heavy atom. The number of hydrogen-bond donors (Lipinski definition) is 1. The van der Waals surface area contributed by atoms with E-state index in [0.29, 0.717) is 31.9 Å². The summed E-state index contributed by atoms with van der Waals surface area (Å²) in [6.07, 6.45) is -2.43. The van der Waals surface area contributed by atoms with Crippen molar-refractivity contribution in [2.45, 2.75) is 12.2 Å². The number of nitrogens with one attached hydrogen (secondary N) is 1. The molecule has 0 spiro atoms. The largest absolute Gasteiger partial charge is 0.451 e. The quantitative estimate of drug-likeness (QED) is 0.784. The third kappa shape index (κ3) is 4.82. The Labute approximate surface area is 158 Å². The van der Waals surface area contributed by atoms with Gasteiger partial charge in [0.25, 0.3) is 5.91 Å². The number of ether oxygens (including phenoxy) is 1. The molecule has 1 unspecified atom stereocenters. The van der Waals surface area contributed by atoms with Gasteiger partial charge in [0.15, 0.2) is 0 Å². The molecule has 1 fully saturated rings. The number of carbonyl (C=O) groups excluding carboxylic acids is 1. The number of morpholine rings is 1. The molecule has 0 saturated carbocycles. The lowest BCUT2D eigenvalue weighted by Crippen LogP contribution is -2.44. The van der Waals surface area contributed by atoms with Crippen LogP contribution in [0.1, 0.15) is 27.8 Å². The lowest BCUT2D eigenvalue weighted by atomic mass is 10.1. The maximum absolute atomic E-state index is 13.8. The Hall–Kier alpha value is -2.59. The highest BCUT2D eigenvalue weighted by Gasteiger charge is 2.35. The SMILES string of the molecule is O=C(NCC(c1cnc(C(F)(F)F)nc1)N1CCOCC1)c1ccccc1F. The number of carbonyl (C=O) groups is 1. The molecule has 1 amide bonds. The molecule has 1 atom stereocenters. The summed E-state index contributed by atoms with van der Waals surface area (Å²) in [5.41, 5.74) is 0.315. The maximum atomic E-state index is 13.8. The molecule has 0 aliphatic carbocycles. The van der Waals surface area contributed by atoms with Crippen molar-refractivity contribution in [3.8, 4) is 0 Å². The Morgan fingerprint density at radius 2 is 1.82 bits per heavy atom.